The van der Waals surface area contributed by atoms with Crippen LogP contribution in [0.4, 0.5) is 4.39 Å². The minimum absolute atomic E-state index is 0.165. The summed E-state index contributed by atoms with van der Waals surface area (Å²) in [4.78, 5) is 10.9. The van der Waals surface area contributed by atoms with Crippen molar-refractivity contribution < 1.29 is 19.0 Å². The van der Waals surface area contributed by atoms with Crippen LogP contribution in [0.1, 0.15) is 25.8 Å². The molecule has 3 N–H and O–H groups in total. The Morgan fingerprint density at radius 2 is 2.22 bits per heavy atom. The van der Waals surface area contributed by atoms with Gasteiger partial charge in [-0.3, -0.25) is 4.79 Å². The van der Waals surface area contributed by atoms with Gasteiger partial charge in [0.05, 0.1) is 6.10 Å². The number of halogens is 1. The highest BCUT2D eigenvalue weighted by Gasteiger charge is 2.30. The predicted octanol–water partition coefficient (Wildman–Crippen LogP) is 2.09. The number of carbonyl (C=O) groups is 1. The summed E-state index contributed by atoms with van der Waals surface area (Å²) in [5, 5.41) is 8.91. The fraction of sp³-hybridized carbons (Fsp3) is 0.462. The number of benzene rings is 1. The van der Waals surface area contributed by atoms with Gasteiger partial charge in [0.2, 0.25) is 0 Å². The number of aryl methyl sites for hydroxylation is 1. The van der Waals surface area contributed by atoms with Gasteiger partial charge in [-0.05, 0) is 44.5 Å². The van der Waals surface area contributed by atoms with Crippen molar-refractivity contribution in [1.29, 1.82) is 0 Å². The molecule has 0 aromatic heterocycles. The van der Waals surface area contributed by atoms with E-state index < -0.39 is 11.5 Å². The molecule has 0 spiro atoms. The first-order valence-electron chi connectivity index (χ1n) is 5.67. The summed E-state index contributed by atoms with van der Waals surface area (Å²) in [7, 11) is 0. The van der Waals surface area contributed by atoms with Crippen LogP contribution in [0.2, 0.25) is 0 Å². The number of ether oxygens (including phenoxy) is 1. The molecule has 2 atom stereocenters. The molecular formula is C13H18FNO3. The average molecular weight is 255 g/mol. The second-order valence-electron chi connectivity index (χ2n) is 4.77. The molecule has 100 valence electrons. The lowest BCUT2D eigenvalue weighted by Crippen LogP contribution is -2.47. The van der Waals surface area contributed by atoms with Gasteiger partial charge in [-0.2, -0.15) is 0 Å². The van der Waals surface area contributed by atoms with E-state index >= 15 is 0 Å². The standard InChI is InChI=1S/C13H18FNO3/c1-8-6-10(4-5-11(8)14)18-9(2)7-13(3,15)12(16)17/h4-6,9H,7,15H2,1-3H3,(H,16,17). The maximum Gasteiger partial charge on any atom is 0.323 e. The van der Waals surface area contributed by atoms with Gasteiger partial charge in [0.15, 0.2) is 0 Å². The maximum atomic E-state index is 13.1. The molecule has 0 aliphatic heterocycles. The predicted molar refractivity (Wildman–Crippen MR) is 66.1 cm³/mol. The van der Waals surface area contributed by atoms with Gasteiger partial charge in [-0.15, -0.1) is 0 Å². The summed E-state index contributed by atoms with van der Waals surface area (Å²) >= 11 is 0. The van der Waals surface area contributed by atoms with Gasteiger partial charge in [0.25, 0.3) is 0 Å². The minimum Gasteiger partial charge on any atom is -0.491 e. The van der Waals surface area contributed by atoms with Gasteiger partial charge in [0.1, 0.15) is 17.1 Å². The van der Waals surface area contributed by atoms with Crippen molar-refractivity contribution in [3.05, 3.63) is 29.6 Å². The quantitative estimate of drug-likeness (QED) is 0.845. The van der Waals surface area contributed by atoms with Crippen LogP contribution < -0.4 is 10.5 Å². The fourth-order valence-corrected chi connectivity index (χ4v) is 1.65. The Bertz CT molecular complexity index is 446. The molecule has 0 saturated heterocycles. The lowest BCUT2D eigenvalue weighted by Gasteiger charge is -2.24. The Kier molecular flexibility index (Phi) is 4.29. The van der Waals surface area contributed by atoms with E-state index in [2.05, 4.69) is 0 Å². The summed E-state index contributed by atoms with van der Waals surface area (Å²) in [5.74, 6) is -0.875. The Labute approximate surface area is 106 Å². The van der Waals surface area contributed by atoms with Crippen LogP contribution in [0.5, 0.6) is 5.75 Å². The van der Waals surface area contributed by atoms with Crippen molar-refractivity contribution in [1.82, 2.24) is 0 Å². The highest BCUT2D eigenvalue weighted by atomic mass is 19.1. The first-order valence-corrected chi connectivity index (χ1v) is 5.67. The lowest BCUT2D eigenvalue weighted by atomic mass is 9.96. The largest absolute Gasteiger partial charge is 0.491 e. The van der Waals surface area contributed by atoms with Crippen LogP contribution in [0.25, 0.3) is 0 Å². The summed E-state index contributed by atoms with van der Waals surface area (Å²) in [5.41, 5.74) is 4.77. The summed E-state index contributed by atoms with van der Waals surface area (Å²) in [6.07, 6.45) is -0.209. The Morgan fingerprint density at radius 3 is 2.72 bits per heavy atom. The fourth-order valence-electron chi connectivity index (χ4n) is 1.65. The molecule has 0 fully saturated rings. The van der Waals surface area contributed by atoms with Crippen LogP contribution >= 0.6 is 0 Å². The molecule has 0 amide bonds. The van der Waals surface area contributed by atoms with Crippen LogP contribution in [-0.4, -0.2) is 22.7 Å². The Hall–Kier alpha value is -1.62. The maximum absolute atomic E-state index is 13.1. The number of nitrogens with two attached hydrogens (primary N) is 1. The first-order chi connectivity index (χ1) is 8.22. The second kappa shape index (κ2) is 5.35. The summed E-state index contributed by atoms with van der Waals surface area (Å²) in [6.45, 7) is 4.80. The molecule has 1 aromatic carbocycles. The van der Waals surface area contributed by atoms with Crippen LogP contribution in [0.15, 0.2) is 18.2 Å². The van der Waals surface area contributed by atoms with Crippen LogP contribution in [-0.2, 0) is 4.79 Å². The summed E-state index contributed by atoms with van der Waals surface area (Å²) < 4.78 is 18.6. The number of hydrogen-bond acceptors (Lipinski definition) is 3. The van der Waals surface area contributed by atoms with Crippen molar-refractivity contribution in [3.63, 3.8) is 0 Å². The van der Waals surface area contributed by atoms with E-state index in [-0.39, 0.29) is 18.3 Å². The van der Waals surface area contributed by atoms with E-state index in [1.165, 1.54) is 19.1 Å². The van der Waals surface area contributed by atoms with E-state index in [1.54, 1.807) is 19.9 Å². The van der Waals surface area contributed by atoms with Gasteiger partial charge in [0, 0.05) is 6.42 Å². The van der Waals surface area contributed by atoms with E-state index in [1.807, 2.05) is 0 Å². The SMILES string of the molecule is Cc1cc(OC(C)CC(C)(N)C(=O)O)ccc1F. The highest BCUT2D eigenvalue weighted by Crippen LogP contribution is 2.20. The lowest BCUT2D eigenvalue weighted by molar-refractivity contribution is -0.143. The number of hydrogen-bond donors (Lipinski definition) is 2. The molecular weight excluding hydrogens is 237 g/mol. The van der Waals surface area contributed by atoms with Gasteiger partial charge in [-0.1, -0.05) is 0 Å². The van der Waals surface area contributed by atoms with Crippen molar-refractivity contribution in [2.75, 3.05) is 0 Å². The average Bonchev–Trinajstić information content (AvgIpc) is 2.22. The first kappa shape index (κ1) is 14.4. The molecule has 5 heteroatoms. The number of carboxylic acids is 1. The third kappa shape index (κ3) is 3.70. The zero-order valence-electron chi connectivity index (χ0n) is 10.7. The third-order valence-electron chi connectivity index (χ3n) is 2.67. The topological polar surface area (TPSA) is 72.5 Å². The van der Waals surface area contributed by atoms with E-state index in [4.69, 9.17) is 15.6 Å². The Balaban J connectivity index is 2.67. The minimum atomic E-state index is -1.34. The van der Waals surface area contributed by atoms with Crippen molar-refractivity contribution in [2.45, 2.75) is 38.8 Å². The molecule has 18 heavy (non-hydrogen) atoms. The number of carboxylic acid groups (broad SMARTS) is 1. The second-order valence-corrected chi connectivity index (χ2v) is 4.77. The monoisotopic (exact) mass is 255 g/mol. The Morgan fingerprint density at radius 1 is 1.61 bits per heavy atom. The third-order valence-corrected chi connectivity index (χ3v) is 2.67. The zero-order valence-corrected chi connectivity index (χ0v) is 10.7. The molecule has 0 saturated carbocycles. The van der Waals surface area contributed by atoms with E-state index in [0.29, 0.717) is 11.3 Å². The van der Waals surface area contributed by atoms with Crippen LogP contribution in [0, 0.1) is 12.7 Å². The molecule has 0 heterocycles. The van der Waals surface area contributed by atoms with Crippen molar-refractivity contribution in [2.24, 2.45) is 5.73 Å². The van der Waals surface area contributed by atoms with Gasteiger partial charge in [-0.25, -0.2) is 4.39 Å². The number of aliphatic carboxylic acids is 1. The normalized spacial score (nSPS) is 15.8. The molecule has 0 radical (unpaired) electrons. The van der Waals surface area contributed by atoms with Gasteiger partial charge >= 0.3 is 5.97 Å². The summed E-state index contributed by atoms with van der Waals surface area (Å²) in [6, 6.07) is 4.39. The van der Waals surface area contributed by atoms with Gasteiger partial charge < -0.3 is 15.6 Å². The van der Waals surface area contributed by atoms with E-state index in [0.717, 1.165) is 0 Å². The zero-order chi connectivity index (χ0) is 13.9. The molecule has 1 rings (SSSR count). The molecule has 0 aliphatic rings. The smallest absolute Gasteiger partial charge is 0.323 e. The highest BCUT2D eigenvalue weighted by molar-refractivity contribution is 5.77. The van der Waals surface area contributed by atoms with Crippen molar-refractivity contribution >= 4 is 5.97 Å². The van der Waals surface area contributed by atoms with E-state index in [9.17, 15) is 9.18 Å². The van der Waals surface area contributed by atoms with Crippen molar-refractivity contribution in [3.8, 4) is 5.75 Å². The molecule has 4 nitrogen and oxygen atoms in total. The molecule has 1 aromatic rings. The molecule has 0 bridgehead atoms. The van der Waals surface area contributed by atoms with Crippen LogP contribution in [0.3, 0.4) is 0 Å². The molecule has 2 unspecified atom stereocenters. The number of rotatable bonds is 5. The molecule has 0 aliphatic carbocycles.